The zero-order valence-electron chi connectivity index (χ0n) is 19.3. The minimum Gasteiger partial charge on any atom is -0.493 e. The highest BCUT2D eigenvalue weighted by Gasteiger charge is 2.37. The van der Waals surface area contributed by atoms with Crippen LogP contribution in [0.2, 0.25) is 0 Å². The molecule has 10 heteroatoms. The Kier molecular flexibility index (Phi) is 6.78. The highest BCUT2D eigenvalue weighted by Crippen LogP contribution is 2.35. The Bertz CT molecular complexity index is 1390. The molecule has 186 valence electrons. The molecule has 0 atom stereocenters. The third kappa shape index (κ3) is 4.53. The third-order valence-corrected chi connectivity index (χ3v) is 5.47. The molecule has 0 unspecified atom stereocenters. The highest BCUT2D eigenvalue weighted by molar-refractivity contribution is 6.32. The van der Waals surface area contributed by atoms with Gasteiger partial charge >= 0.3 is 0 Å². The molecule has 3 aromatic rings. The van der Waals surface area contributed by atoms with Gasteiger partial charge in [-0.3, -0.25) is 4.79 Å². The van der Waals surface area contributed by atoms with E-state index >= 15 is 0 Å². The standard InChI is InChI=1S/C26H19F5N2O3/c1-13-4-6-15(7-5-13)12-36-18-9-8-16(11-19(18)35-3)10-17-14(2)32-33(26(17)34)25-23(30)21(28)20(27)22(29)24(25)31/h4-11H,12H2,1-3H3/b17-10+. The van der Waals surface area contributed by atoms with E-state index in [4.69, 9.17) is 9.47 Å². The minimum atomic E-state index is -2.33. The topological polar surface area (TPSA) is 51.1 Å². The first-order valence-electron chi connectivity index (χ1n) is 10.6. The van der Waals surface area contributed by atoms with Crippen molar-refractivity contribution >= 4 is 23.4 Å². The van der Waals surface area contributed by atoms with Gasteiger partial charge in [0, 0.05) is 0 Å². The van der Waals surface area contributed by atoms with Crippen molar-refractivity contribution in [3.05, 3.63) is 93.8 Å². The summed E-state index contributed by atoms with van der Waals surface area (Å²) in [6.07, 6.45) is 1.36. The van der Waals surface area contributed by atoms with Crippen molar-refractivity contribution in [2.24, 2.45) is 5.10 Å². The Morgan fingerprint density at radius 2 is 1.47 bits per heavy atom. The number of hydrogen-bond donors (Lipinski definition) is 0. The van der Waals surface area contributed by atoms with Crippen LogP contribution in [0, 0.1) is 36.0 Å². The second-order valence-electron chi connectivity index (χ2n) is 7.96. The lowest BCUT2D eigenvalue weighted by atomic mass is 10.1. The molecule has 0 aromatic heterocycles. The second kappa shape index (κ2) is 9.80. The van der Waals surface area contributed by atoms with E-state index in [1.165, 1.54) is 20.1 Å². The molecule has 1 aliphatic rings. The first-order valence-corrected chi connectivity index (χ1v) is 10.6. The number of hydrogen-bond acceptors (Lipinski definition) is 4. The third-order valence-electron chi connectivity index (χ3n) is 5.47. The van der Waals surface area contributed by atoms with Crippen molar-refractivity contribution in [1.82, 2.24) is 0 Å². The Labute approximate surface area is 203 Å². The Hall–Kier alpha value is -4.21. The van der Waals surface area contributed by atoms with Gasteiger partial charge in [-0.2, -0.15) is 10.1 Å². The quantitative estimate of drug-likeness (QED) is 0.178. The van der Waals surface area contributed by atoms with Crippen LogP contribution in [-0.4, -0.2) is 18.7 Å². The number of nitrogens with zero attached hydrogens (tertiary/aromatic N) is 2. The number of carbonyl (C=O) groups is 1. The average Bonchev–Trinajstić information content (AvgIpc) is 3.14. The summed E-state index contributed by atoms with van der Waals surface area (Å²) in [5.74, 6) is -11.3. The minimum absolute atomic E-state index is 0.0163. The Morgan fingerprint density at radius 1 is 0.861 bits per heavy atom. The Balaban J connectivity index is 1.61. The van der Waals surface area contributed by atoms with E-state index in [1.54, 1.807) is 18.2 Å². The summed E-state index contributed by atoms with van der Waals surface area (Å²) >= 11 is 0. The summed E-state index contributed by atoms with van der Waals surface area (Å²) < 4.78 is 80.4. The number of rotatable bonds is 6. The van der Waals surface area contributed by atoms with Crippen molar-refractivity contribution in [1.29, 1.82) is 0 Å². The van der Waals surface area contributed by atoms with Gasteiger partial charge in [0.2, 0.25) is 5.82 Å². The van der Waals surface area contributed by atoms with Crippen LogP contribution in [-0.2, 0) is 11.4 Å². The molecule has 0 saturated carbocycles. The number of benzene rings is 3. The predicted molar refractivity (Wildman–Crippen MR) is 123 cm³/mol. The molecule has 1 amide bonds. The average molecular weight is 502 g/mol. The molecule has 0 fully saturated rings. The second-order valence-corrected chi connectivity index (χ2v) is 7.96. The highest BCUT2D eigenvalue weighted by atomic mass is 19.2. The largest absolute Gasteiger partial charge is 0.493 e. The van der Waals surface area contributed by atoms with Crippen LogP contribution in [0.25, 0.3) is 6.08 Å². The van der Waals surface area contributed by atoms with Crippen molar-refractivity contribution < 1.29 is 36.2 Å². The first-order chi connectivity index (χ1) is 17.1. The number of methoxy groups -OCH3 is 1. The van der Waals surface area contributed by atoms with Crippen LogP contribution < -0.4 is 14.5 Å². The van der Waals surface area contributed by atoms with Gasteiger partial charge in [0.15, 0.2) is 34.8 Å². The summed E-state index contributed by atoms with van der Waals surface area (Å²) in [6, 6.07) is 12.6. The molecule has 3 aromatic carbocycles. The normalized spacial score (nSPS) is 14.4. The van der Waals surface area contributed by atoms with Gasteiger partial charge in [-0.15, -0.1) is 0 Å². The van der Waals surface area contributed by atoms with E-state index in [-0.39, 0.29) is 22.9 Å². The van der Waals surface area contributed by atoms with Gasteiger partial charge in [0.05, 0.1) is 18.4 Å². The molecule has 0 N–H and O–H groups in total. The van der Waals surface area contributed by atoms with Crippen LogP contribution in [0.5, 0.6) is 11.5 Å². The molecule has 1 heterocycles. The molecule has 0 aliphatic carbocycles. The summed E-state index contributed by atoms with van der Waals surface area (Å²) in [5, 5.41) is 3.88. The van der Waals surface area contributed by atoms with E-state index in [2.05, 4.69) is 5.10 Å². The van der Waals surface area contributed by atoms with Gasteiger partial charge in [-0.05, 0) is 43.2 Å². The van der Waals surface area contributed by atoms with Gasteiger partial charge in [0.25, 0.3) is 5.91 Å². The lowest BCUT2D eigenvalue weighted by molar-refractivity contribution is -0.114. The van der Waals surface area contributed by atoms with E-state index in [9.17, 15) is 26.7 Å². The predicted octanol–water partition coefficient (Wildman–Crippen LogP) is 6.08. The molecule has 0 saturated heterocycles. The maximum absolute atomic E-state index is 14.2. The fourth-order valence-electron chi connectivity index (χ4n) is 3.52. The van der Waals surface area contributed by atoms with Gasteiger partial charge < -0.3 is 9.47 Å². The number of amides is 1. The zero-order chi connectivity index (χ0) is 26.1. The molecular formula is C26H19F5N2O3. The Morgan fingerprint density at radius 3 is 2.08 bits per heavy atom. The van der Waals surface area contributed by atoms with Gasteiger partial charge in [-0.25, -0.2) is 22.0 Å². The fourth-order valence-corrected chi connectivity index (χ4v) is 3.52. The molecular weight excluding hydrogens is 483 g/mol. The molecule has 0 radical (unpaired) electrons. The monoisotopic (exact) mass is 502 g/mol. The molecule has 36 heavy (non-hydrogen) atoms. The number of anilines is 1. The number of halogens is 5. The van der Waals surface area contributed by atoms with E-state index in [0.717, 1.165) is 11.1 Å². The lowest BCUT2D eigenvalue weighted by Crippen LogP contribution is -2.25. The summed E-state index contributed by atoms with van der Waals surface area (Å²) in [6.45, 7) is 3.63. The van der Waals surface area contributed by atoms with Crippen molar-refractivity contribution in [3.63, 3.8) is 0 Å². The molecule has 0 bridgehead atoms. The van der Waals surface area contributed by atoms with Crippen molar-refractivity contribution in [3.8, 4) is 11.5 Å². The number of carbonyl (C=O) groups excluding carboxylic acids is 1. The summed E-state index contributed by atoms with van der Waals surface area (Å²) in [5.41, 5.74) is 0.985. The fraction of sp³-hybridized carbons (Fsp3) is 0.154. The molecule has 4 rings (SSSR count). The van der Waals surface area contributed by atoms with Crippen LogP contribution >= 0.6 is 0 Å². The molecule has 5 nitrogen and oxygen atoms in total. The van der Waals surface area contributed by atoms with Gasteiger partial charge in [-0.1, -0.05) is 35.9 Å². The van der Waals surface area contributed by atoms with Crippen LogP contribution in [0.15, 0.2) is 53.1 Å². The van der Waals surface area contributed by atoms with Crippen molar-refractivity contribution in [2.75, 3.05) is 12.1 Å². The number of hydrazone groups is 1. The van der Waals surface area contributed by atoms with Gasteiger partial charge in [0.1, 0.15) is 12.3 Å². The zero-order valence-corrected chi connectivity index (χ0v) is 19.3. The number of aryl methyl sites for hydroxylation is 1. The first kappa shape index (κ1) is 24.9. The lowest BCUT2D eigenvalue weighted by Gasteiger charge is -2.15. The van der Waals surface area contributed by atoms with E-state index < -0.39 is 40.7 Å². The van der Waals surface area contributed by atoms with E-state index in [0.29, 0.717) is 17.1 Å². The smallest absolute Gasteiger partial charge is 0.280 e. The van der Waals surface area contributed by atoms with Crippen LogP contribution in [0.1, 0.15) is 23.6 Å². The molecule has 0 spiro atoms. The van der Waals surface area contributed by atoms with Crippen LogP contribution in [0.3, 0.4) is 0 Å². The SMILES string of the molecule is COc1cc(/C=C2/C(=O)N(c3c(F)c(F)c(F)c(F)c3F)N=C2C)ccc1OCc1ccc(C)cc1. The maximum Gasteiger partial charge on any atom is 0.280 e. The summed E-state index contributed by atoms with van der Waals surface area (Å²) in [4.78, 5) is 12.9. The number of ether oxygens (including phenoxy) is 2. The van der Waals surface area contributed by atoms with E-state index in [1.807, 2.05) is 31.2 Å². The summed E-state index contributed by atoms with van der Waals surface area (Å²) in [7, 11) is 1.43. The molecule has 1 aliphatic heterocycles. The van der Waals surface area contributed by atoms with Crippen molar-refractivity contribution in [2.45, 2.75) is 20.5 Å². The van der Waals surface area contributed by atoms with Crippen LogP contribution in [0.4, 0.5) is 27.6 Å². The maximum atomic E-state index is 14.2.